The van der Waals surface area contributed by atoms with Crippen LogP contribution in [0, 0.1) is 0 Å². The minimum atomic E-state index is -0.511. The molecule has 34 heavy (non-hydrogen) atoms. The fourth-order valence-electron chi connectivity index (χ4n) is 3.79. The van der Waals surface area contributed by atoms with E-state index in [0.717, 1.165) is 22.4 Å². The number of benzene rings is 2. The van der Waals surface area contributed by atoms with Crippen molar-refractivity contribution < 1.29 is 24.9 Å². The minimum absolute atomic E-state index is 0.118. The molecule has 0 saturated heterocycles. The van der Waals surface area contributed by atoms with Crippen molar-refractivity contribution in [2.75, 3.05) is 18.6 Å². The first kappa shape index (κ1) is 24.5. The number of methoxy groups -OCH3 is 1. The van der Waals surface area contributed by atoms with Gasteiger partial charge in [-0.25, -0.2) is 4.79 Å². The molecular weight excluding hydrogens is 430 g/mol. The second kappa shape index (κ2) is 11.1. The summed E-state index contributed by atoms with van der Waals surface area (Å²) < 4.78 is 5.16. The molecule has 3 N–H and O–H groups in total. The van der Waals surface area contributed by atoms with Gasteiger partial charge in [-0.2, -0.15) is 0 Å². The number of aromatic hydroxyl groups is 2. The Kier molecular flexibility index (Phi) is 7.98. The number of anilines is 1. The van der Waals surface area contributed by atoms with Crippen molar-refractivity contribution in [3.8, 4) is 11.5 Å². The van der Waals surface area contributed by atoms with Gasteiger partial charge in [0.05, 0.1) is 12.9 Å². The Labute approximate surface area is 199 Å². The maximum absolute atomic E-state index is 13.1. The lowest BCUT2D eigenvalue weighted by molar-refractivity contribution is -0.136. The predicted octanol–water partition coefficient (Wildman–Crippen LogP) is 5.78. The fraction of sp³-hybridized carbons (Fsp3) is 0.179. The predicted molar refractivity (Wildman–Crippen MR) is 134 cm³/mol. The number of aliphatic hydroxyl groups excluding tert-OH is 1. The molecule has 2 aliphatic rings. The summed E-state index contributed by atoms with van der Waals surface area (Å²) in [5.41, 5.74) is 4.08. The molecule has 4 rings (SSSR count). The third kappa shape index (κ3) is 5.23. The number of carbonyl (C=O) groups is 1. The number of phenolic OH excluding ortho intramolecular Hbond substituents is 2. The van der Waals surface area contributed by atoms with E-state index >= 15 is 0 Å². The topological polar surface area (TPSA) is 90.2 Å². The van der Waals surface area contributed by atoms with E-state index in [1.807, 2.05) is 43.1 Å². The van der Waals surface area contributed by atoms with Crippen LogP contribution in [0.3, 0.4) is 0 Å². The van der Waals surface area contributed by atoms with Gasteiger partial charge in [-0.3, -0.25) is 0 Å². The highest BCUT2D eigenvalue weighted by Crippen LogP contribution is 2.40. The number of allylic oxidation sites excluding steroid dienone is 7. The van der Waals surface area contributed by atoms with Crippen LogP contribution in [0.15, 0.2) is 102 Å². The maximum atomic E-state index is 13.1. The molecule has 6 nitrogen and oxygen atoms in total. The summed E-state index contributed by atoms with van der Waals surface area (Å²) in [4.78, 5) is 14.9. The standard InChI is InChI=1S/C26H23NO5.C2H6/c1-32-26(31)25-24(18-6-11-21(29)12-7-18)23(17-3-2-4-20(28)10-5-17)15-16-27(25)19-8-13-22(30)14-9-19;1-2/h2-3,5-15,28-30H,4,16H2,1H3;1-2H3. The quantitative estimate of drug-likeness (QED) is 0.502. The fourth-order valence-corrected chi connectivity index (χ4v) is 3.79. The van der Waals surface area contributed by atoms with Crippen LogP contribution in [0.2, 0.25) is 0 Å². The normalized spacial score (nSPS) is 15.4. The van der Waals surface area contributed by atoms with Gasteiger partial charge in [0.15, 0.2) is 0 Å². The highest BCUT2D eigenvalue weighted by atomic mass is 16.5. The zero-order chi connectivity index (χ0) is 24.7. The average Bonchev–Trinajstić information content (AvgIpc) is 3.09. The second-order valence-corrected chi connectivity index (χ2v) is 7.39. The van der Waals surface area contributed by atoms with Crippen LogP contribution in [0.1, 0.15) is 25.8 Å². The van der Waals surface area contributed by atoms with Crippen molar-refractivity contribution in [3.05, 3.63) is 107 Å². The van der Waals surface area contributed by atoms with Gasteiger partial charge in [-0.15, -0.1) is 0 Å². The SMILES string of the molecule is CC.COC(=O)C1=C(c2ccc(O)cc2)C(C2=CC=C(O)CC=C2)=CCN1c1ccc(O)cc1. The summed E-state index contributed by atoms with van der Waals surface area (Å²) in [6.07, 6.45) is 9.68. The molecule has 1 heterocycles. The van der Waals surface area contributed by atoms with E-state index < -0.39 is 5.97 Å². The Hall–Kier alpha value is -4.19. The average molecular weight is 460 g/mol. The third-order valence-electron chi connectivity index (χ3n) is 5.34. The highest BCUT2D eigenvalue weighted by molar-refractivity contribution is 6.07. The third-order valence-corrected chi connectivity index (χ3v) is 5.34. The van der Waals surface area contributed by atoms with Crippen LogP contribution in [0.4, 0.5) is 5.69 Å². The van der Waals surface area contributed by atoms with Crippen molar-refractivity contribution in [2.24, 2.45) is 0 Å². The Morgan fingerprint density at radius 2 is 1.53 bits per heavy atom. The Morgan fingerprint density at radius 3 is 2.15 bits per heavy atom. The van der Waals surface area contributed by atoms with E-state index in [9.17, 15) is 20.1 Å². The lowest BCUT2D eigenvalue weighted by Crippen LogP contribution is -2.33. The number of hydrogen-bond donors (Lipinski definition) is 3. The van der Waals surface area contributed by atoms with Crippen molar-refractivity contribution in [2.45, 2.75) is 20.3 Å². The van der Waals surface area contributed by atoms with Crippen molar-refractivity contribution in [3.63, 3.8) is 0 Å². The minimum Gasteiger partial charge on any atom is -0.512 e. The van der Waals surface area contributed by atoms with E-state index in [4.69, 9.17) is 4.74 Å². The van der Waals surface area contributed by atoms with E-state index in [0.29, 0.717) is 24.2 Å². The molecule has 0 bridgehead atoms. The molecule has 6 heteroatoms. The molecule has 0 amide bonds. The van der Waals surface area contributed by atoms with Crippen LogP contribution < -0.4 is 4.90 Å². The molecule has 0 saturated carbocycles. The Balaban J connectivity index is 0.00000158. The molecule has 1 aliphatic carbocycles. The number of nitrogens with zero attached hydrogens (tertiary/aromatic N) is 1. The summed E-state index contributed by atoms with van der Waals surface area (Å²) in [5, 5.41) is 29.4. The lowest BCUT2D eigenvalue weighted by Gasteiger charge is -2.32. The molecule has 0 fully saturated rings. The van der Waals surface area contributed by atoms with Gasteiger partial charge < -0.3 is 25.0 Å². The number of phenols is 2. The summed E-state index contributed by atoms with van der Waals surface area (Å²) >= 11 is 0. The number of esters is 1. The molecule has 176 valence electrons. The van der Waals surface area contributed by atoms with E-state index in [1.165, 1.54) is 7.11 Å². The smallest absolute Gasteiger partial charge is 0.355 e. The van der Waals surface area contributed by atoms with Crippen LogP contribution in [-0.2, 0) is 9.53 Å². The Morgan fingerprint density at radius 1 is 0.912 bits per heavy atom. The first-order valence-corrected chi connectivity index (χ1v) is 11.1. The van der Waals surface area contributed by atoms with Crippen LogP contribution in [-0.4, -0.2) is 34.9 Å². The molecular formula is C28H29NO5. The zero-order valence-electron chi connectivity index (χ0n) is 19.5. The molecule has 2 aromatic carbocycles. The molecule has 0 unspecified atom stereocenters. The van der Waals surface area contributed by atoms with Gasteiger partial charge in [0.1, 0.15) is 17.2 Å². The number of aliphatic hydroxyl groups is 1. The van der Waals surface area contributed by atoms with E-state index in [1.54, 1.807) is 54.6 Å². The van der Waals surface area contributed by atoms with Crippen molar-refractivity contribution in [1.29, 1.82) is 0 Å². The molecule has 1 aliphatic heterocycles. The van der Waals surface area contributed by atoms with Gasteiger partial charge in [0.2, 0.25) is 0 Å². The second-order valence-electron chi connectivity index (χ2n) is 7.39. The lowest BCUT2D eigenvalue weighted by atomic mass is 9.87. The van der Waals surface area contributed by atoms with Gasteiger partial charge >= 0.3 is 5.97 Å². The van der Waals surface area contributed by atoms with Crippen LogP contribution >= 0.6 is 0 Å². The summed E-state index contributed by atoms with van der Waals surface area (Å²) in [6.45, 7) is 4.40. The van der Waals surface area contributed by atoms with Gasteiger partial charge in [-0.1, -0.05) is 50.3 Å². The number of rotatable bonds is 4. The molecule has 0 aromatic heterocycles. The molecule has 0 radical (unpaired) electrons. The molecule has 0 atom stereocenters. The first-order chi connectivity index (χ1) is 16.5. The molecule has 0 spiro atoms. The first-order valence-electron chi connectivity index (χ1n) is 11.1. The van der Waals surface area contributed by atoms with Crippen LogP contribution in [0.25, 0.3) is 5.57 Å². The van der Waals surface area contributed by atoms with Gasteiger partial charge in [0, 0.05) is 24.2 Å². The number of carbonyl (C=O) groups excluding carboxylic acids is 1. The monoisotopic (exact) mass is 459 g/mol. The number of hydrogen-bond acceptors (Lipinski definition) is 6. The zero-order valence-corrected chi connectivity index (χ0v) is 19.5. The summed E-state index contributed by atoms with van der Waals surface area (Å²) in [7, 11) is 1.34. The van der Waals surface area contributed by atoms with E-state index in [2.05, 4.69) is 0 Å². The van der Waals surface area contributed by atoms with Gasteiger partial charge in [0.25, 0.3) is 0 Å². The van der Waals surface area contributed by atoms with Crippen molar-refractivity contribution >= 4 is 17.2 Å². The highest BCUT2D eigenvalue weighted by Gasteiger charge is 2.31. The Bertz CT molecular complexity index is 1180. The largest absolute Gasteiger partial charge is 0.512 e. The molecule has 2 aromatic rings. The van der Waals surface area contributed by atoms with E-state index in [-0.39, 0.29) is 17.3 Å². The van der Waals surface area contributed by atoms with Crippen LogP contribution in [0.5, 0.6) is 11.5 Å². The summed E-state index contributed by atoms with van der Waals surface area (Å²) in [5.74, 6) is -0.0121. The summed E-state index contributed by atoms with van der Waals surface area (Å²) in [6, 6.07) is 13.2. The maximum Gasteiger partial charge on any atom is 0.355 e. The van der Waals surface area contributed by atoms with Crippen molar-refractivity contribution in [1.82, 2.24) is 0 Å². The number of ether oxygens (including phenoxy) is 1. The van der Waals surface area contributed by atoms with Gasteiger partial charge in [-0.05, 0) is 59.2 Å².